The van der Waals surface area contributed by atoms with E-state index in [1.807, 2.05) is 60.3 Å². The zero-order valence-corrected chi connectivity index (χ0v) is 14.4. The summed E-state index contributed by atoms with van der Waals surface area (Å²) < 4.78 is 1.99. The zero-order chi connectivity index (χ0) is 17.6. The Bertz CT molecular complexity index is 861. The summed E-state index contributed by atoms with van der Waals surface area (Å²) >= 11 is 0. The molecule has 0 spiro atoms. The van der Waals surface area contributed by atoms with E-state index in [0.717, 1.165) is 23.4 Å². The summed E-state index contributed by atoms with van der Waals surface area (Å²) in [5.74, 6) is -0.219. The summed E-state index contributed by atoms with van der Waals surface area (Å²) in [5.41, 5.74) is 7.27. The second-order valence-electron chi connectivity index (χ2n) is 5.83. The van der Waals surface area contributed by atoms with E-state index in [-0.39, 0.29) is 5.91 Å². The van der Waals surface area contributed by atoms with Crippen molar-refractivity contribution in [3.05, 3.63) is 89.7 Å². The molecule has 25 heavy (non-hydrogen) atoms. The fourth-order valence-corrected chi connectivity index (χ4v) is 2.54. The third kappa shape index (κ3) is 4.04. The van der Waals surface area contributed by atoms with Gasteiger partial charge >= 0.3 is 0 Å². The van der Waals surface area contributed by atoms with E-state index in [1.165, 1.54) is 5.56 Å². The highest BCUT2D eigenvalue weighted by Gasteiger charge is 2.05. The predicted molar refractivity (Wildman–Crippen MR) is 101 cm³/mol. The number of nitrogens with zero attached hydrogens (tertiary/aromatic N) is 2. The van der Waals surface area contributed by atoms with Gasteiger partial charge in [0.2, 0.25) is 0 Å². The smallest absolute Gasteiger partial charge is 0.271 e. The molecular formula is C21H21N3O. The monoisotopic (exact) mass is 331 g/mol. The Morgan fingerprint density at radius 2 is 1.56 bits per heavy atom. The number of benzene rings is 2. The molecule has 0 aliphatic carbocycles. The summed E-state index contributed by atoms with van der Waals surface area (Å²) in [7, 11) is 0. The Hall–Kier alpha value is -3.14. The zero-order valence-electron chi connectivity index (χ0n) is 14.4. The summed E-state index contributed by atoms with van der Waals surface area (Å²) in [4.78, 5) is 12.3. The number of hydrazone groups is 1. The maximum Gasteiger partial charge on any atom is 0.271 e. The van der Waals surface area contributed by atoms with E-state index >= 15 is 0 Å². The molecular weight excluding hydrogens is 310 g/mol. The maximum absolute atomic E-state index is 12.3. The number of carbonyl (C=O) groups is 1. The summed E-state index contributed by atoms with van der Waals surface area (Å²) in [6.45, 7) is 4.01. The van der Waals surface area contributed by atoms with Gasteiger partial charge in [0.15, 0.2) is 0 Å². The van der Waals surface area contributed by atoms with Crippen molar-refractivity contribution in [2.24, 2.45) is 5.10 Å². The molecule has 0 aliphatic rings. The van der Waals surface area contributed by atoms with Gasteiger partial charge in [0.25, 0.3) is 5.91 Å². The van der Waals surface area contributed by atoms with Crippen LogP contribution in [0.3, 0.4) is 0 Å². The Morgan fingerprint density at radius 3 is 2.16 bits per heavy atom. The molecule has 1 heterocycles. The minimum atomic E-state index is -0.219. The summed E-state index contributed by atoms with van der Waals surface area (Å²) in [5, 5.41) is 4.21. The molecule has 1 N–H and O–H groups in total. The lowest BCUT2D eigenvalue weighted by atomic mass is 10.1. The number of carbonyl (C=O) groups excluding carboxylic acids is 1. The van der Waals surface area contributed by atoms with E-state index in [1.54, 1.807) is 12.1 Å². The standard InChI is InChI=1S/C21H21N3O/c1-3-17-6-8-18(9-7-17)16(2)22-23-21(25)19-10-12-20(13-11-19)24-14-4-5-15-24/h4-15H,3H2,1-2H3,(H,23,25). The van der Waals surface area contributed by atoms with Crippen LogP contribution in [-0.2, 0) is 6.42 Å². The van der Waals surface area contributed by atoms with Crippen LogP contribution in [0.1, 0.15) is 35.3 Å². The van der Waals surface area contributed by atoms with Crippen molar-refractivity contribution in [2.75, 3.05) is 0 Å². The number of hydrogen-bond donors (Lipinski definition) is 1. The SMILES string of the molecule is CCc1ccc(C(C)=NNC(=O)c2ccc(-n3cccc3)cc2)cc1. The third-order valence-electron chi connectivity index (χ3n) is 4.14. The van der Waals surface area contributed by atoms with Gasteiger partial charge in [-0.2, -0.15) is 5.10 Å². The first-order chi connectivity index (χ1) is 12.2. The van der Waals surface area contributed by atoms with Crippen LogP contribution in [0.25, 0.3) is 5.69 Å². The highest BCUT2D eigenvalue weighted by atomic mass is 16.2. The van der Waals surface area contributed by atoms with Gasteiger partial charge in [-0.25, -0.2) is 5.43 Å². The van der Waals surface area contributed by atoms with Crippen molar-refractivity contribution in [3.8, 4) is 5.69 Å². The van der Waals surface area contributed by atoms with Crippen LogP contribution in [0.5, 0.6) is 0 Å². The van der Waals surface area contributed by atoms with Crippen LogP contribution in [0.2, 0.25) is 0 Å². The molecule has 126 valence electrons. The first-order valence-electron chi connectivity index (χ1n) is 8.34. The van der Waals surface area contributed by atoms with Crippen molar-refractivity contribution in [1.29, 1.82) is 0 Å². The number of nitrogens with one attached hydrogen (secondary N) is 1. The number of aryl methyl sites for hydroxylation is 1. The van der Waals surface area contributed by atoms with E-state index in [2.05, 4.69) is 29.6 Å². The van der Waals surface area contributed by atoms with Crippen LogP contribution >= 0.6 is 0 Å². The molecule has 4 nitrogen and oxygen atoms in total. The summed E-state index contributed by atoms with van der Waals surface area (Å²) in [6.07, 6.45) is 4.94. The fourth-order valence-electron chi connectivity index (χ4n) is 2.54. The van der Waals surface area contributed by atoms with Crippen molar-refractivity contribution in [3.63, 3.8) is 0 Å². The van der Waals surface area contributed by atoms with Gasteiger partial charge in [-0.1, -0.05) is 31.2 Å². The topological polar surface area (TPSA) is 46.4 Å². The van der Waals surface area contributed by atoms with Crippen LogP contribution in [-0.4, -0.2) is 16.2 Å². The number of amides is 1. The number of rotatable bonds is 5. The lowest BCUT2D eigenvalue weighted by Gasteiger charge is -2.06. The molecule has 1 aromatic heterocycles. The van der Waals surface area contributed by atoms with Crippen molar-refractivity contribution < 1.29 is 4.79 Å². The van der Waals surface area contributed by atoms with Gasteiger partial charge in [0.1, 0.15) is 0 Å². The summed E-state index contributed by atoms with van der Waals surface area (Å²) in [6, 6.07) is 19.6. The lowest BCUT2D eigenvalue weighted by Crippen LogP contribution is -2.19. The van der Waals surface area contributed by atoms with Crippen molar-refractivity contribution >= 4 is 11.6 Å². The van der Waals surface area contributed by atoms with Gasteiger partial charge in [-0.3, -0.25) is 4.79 Å². The number of aromatic nitrogens is 1. The maximum atomic E-state index is 12.3. The Kier molecular flexibility index (Phi) is 5.09. The molecule has 0 atom stereocenters. The number of hydrogen-bond acceptors (Lipinski definition) is 2. The Balaban J connectivity index is 1.66. The van der Waals surface area contributed by atoms with Crippen molar-refractivity contribution in [1.82, 2.24) is 9.99 Å². The second kappa shape index (κ2) is 7.62. The average molecular weight is 331 g/mol. The van der Waals surface area contributed by atoms with Crippen LogP contribution in [0, 0.1) is 0 Å². The highest BCUT2D eigenvalue weighted by Crippen LogP contribution is 2.10. The fraction of sp³-hybridized carbons (Fsp3) is 0.143. The molecule has 4 heteroatoms. The molecule has 0 bridgehead atoms. The Morgan fingerprint density at radius 1 is 0.960 bits per heavy atom. The van der Waals surface area contributed by atoms with Gasteiger partial charge in [-0.05, 0) is 60.9 Å². The molecule has 0 radical (unpaired) electrons. The molecule has 3 aromatic rings. The molecule has 2 aromatic carbocycles. The van der Waals surface area contributed by atoms with E-state index < -0.39 is 0 Å². The van der Waals surface area contributed by atoms with Crippen molar-refractivity contribution in [2.45, 2.75) is 20.3 Å². The van der Waals surface area contributed by atoms with Crippen LogP contribution in [0.4, 0.5) is 0 Å². The van der Waals surface area contributed by atoms with Gasteiger partial charge < -0.3 is 4.57 Å². The predicted octanol–water partition coefficient (Wildman–Crippen LogP) is 4.19. The van der Waals surface area contributed by atoms with Crippen LogP contribution < -0.4 is 5.43 Å². The molecule has 0 fully saturated rings. The minimum absolute atomic E-state index is 0.219. The molecule has 0 saturated carbocycles. The first kappa shape index (κ1) is 16.7. The molecule has 0 aliphatic heterocycles. The van der Waals surface area contributed by atoms with E-state index in [9.17, 15) is 4.79 Å². The van der Waals surface area contributed by atoms with E-state index in [0.29, 0.717) is 5.56 Å². The van der Waals surface area contributed by atoms with Gasteiger partial charge in [0.05, 0.1) is 5.71 Å². The molecule has 0 unspecified atom stereocenters. The molecule has 3 rings (SSSR count). The third-order valence-corrected chi connectivity index (χ3v) is 4.14. The quantitative estimate of drug-likeness (QED) is 0.553. The minimum Gasteiger partial charge on any atom is -0.324 e. The average Bonchev–Trinajstić information content (AvgIpc) is 3.21. The van der Waals surface area contributed by atoms with Gasteiger partial charge in [-0.15, -0.1) is 0 Å². The largest absolute Gasteiger partial charge is 0.324 e. The van der Waals surface area contributed by atoms with E-state index in [4.69, 9.17) is 0 Å². The van der Waals surface area contributed by atoms with Crippen LogP contribution in [0.15, 0.2) is 78.2 Å². The second-order valence-corrected chi connectivity index (χ2v) is 5.83. The first-order valence-corrected chi connectivity index (χ1v) is 8.34. The normalized spacial score (nSPS) is 11.4. The molecule has 0 saturated heterocycles. The highest BCUT2D eigenvalue weighted by molar-refractivity contribution is 6.00. The van der Waals surface area contributed by atoms with Gasteiger partial charge in [0, 0.05) is 23.6 Å². The molecule has 1 amide bonds. The lowest BCUT2D eigenvalue weighted by molar-refractivity contribution is 0.0955. The Labute approximate surface area is 147 Å².